The first-order valence-electron chi connectivity index (χ1n) is 7.46. The van der Waals surface area contributed by atoms with Crippen LogP contribution in [0.15, 0.2) is 10.7 Å². The van der Waals surface area contributed by atoms with Gasteiger partial charge >= 0.3 is 11.8 Å². The van der Waals surface area contributed by atoms with Crippen LogP contribution in [0.25, 0.3) is 0 Å². The summed E-state index contributed by atoms with van der Waals surface area (Å²) in [4.78, 5) is 29.2. The molecule has 2 aromatic heterocycles. The molecule has 1 unspecified atom stereocenters. The molecule has 10 nitrogen and oxygen atoms in total. The fourth-order valence-electron chi connectivity index (χ4n) is 1.99. The highest BCUT2D eigenvalue weighted by Crippen LogP contribution is 2.25. The Morgan fingerprint density at radius 2 is 2.15 bits per heavy atom. The summed E-state index contributed by atoms with van der Waals surface area (Å²) >= 11 is 0. The lowest BCUT2D eigenvalue weighted by molar-refractivity contribution is -0.142. The first kappa shape index (κ1) is 19.4. The zero-order valence-corrected chi connectivity index (χ0v) is 14.6. The molecule has 0 aliphatic carbocycles. The largest absolute Gasteiger partial charge is 0.374 e. The van der Waals surface area contributed by atoms with Crippen LogP contribution in [0.2, 0.25) is 0 Å². The van der Waals surface area contributed by atoms with Gasteiger partial charge in [-0.05, 0) is 6.92 Å². The van der Waals surface area contributed by atoms with Crippen molar-refractivity contribution in [1.29, 1.82) is 0 Å². The van der Waals surface area contributed by atoms with E-state index in [0.717, 1.165) is 9.58 Å². The van der Waals surface area contributed by atoms with Gasteiger partial charge in [0.1, 0.15) is 12.6 Å². The number of hydrogen-bond donors (Lipinski definition) is 1. The molecule has 2 amide bonds. The van der Waals surface area contributed by atoms with Crippen LogP contribution in [-0.2, 0) is 27.9 Å². The minimum absolute atomic E-state index is 0.0993. The fourth-order valence-corrected chi connectivity index (χ4v) is 1.99. The number of carbonyl (C=O) groups is 2. The number of carbonyl (C=O) groups excluding carboxylic acids is 2. The summed E-state index contributed by atoms with van der Waals surface area (Å²) in [6, 6.07) is 0. The van der Waals surface area contributed by atoms with Crippen LogP contribution in [0.5, 0.6) is 0 Å². The molecular weight excluding hydrogens is 354 g/mol. The van der Waals surface area contributed by atoms with E-state index in [0.29, 0.717) is 5.82 Å². The number of halogens is 2. The molecule has 0 saturated carbocycles. The van der Waals surface area contributed by atoms with Gasteiger partial charge in [0.05, 0.1) is 5.69 Å². The average Bonchev–Trinajstić information content (AvgIpc) is 3.19. The lowest BCUT2D eigenvalue weighted by Crippen LogP contribution is -2.36. The van der Waals surface area contributed by atoms with Crippen LogP contribution < -0.4 is 5.32 Å². The van der Waals surface area contributed by atoms with Crippen molar-refractivity contribution in [3.8, 4) is 0 Å². The van der Waals surface area contributed by atoms with E-state index >= 15 is 0 Å². The number of aryl methyl sites for hydroxylation is 1. The van der Waals surface area contributed by atoms with Gasteiger partial charge in [-0.15, -0.1) is 0 Å². The minimum atomic E-state index is -2.89. The third kappa shape index (κ3) is 4.39. The summed E-state index contributed by atoms with van der Waals surface area (Å²) in [7, 11) is 4.24. The number of rotatable bonds is 6. The van der Waals surface area contributed by atoms with Gasteiger partial charge in [0.25, 0.3) is 6.43 Å². The van der Waals surface area contributed by atoms with E-state index in [9.17, 15) is 18.4 Å². The third-order valence-electron chi connectivity index (χ3n) is 3.43. The van der Waals surface area contributed by atoms with Crippen LogP contribution in [0.4, 0.5) is 14.5 Å². The molecule has 0 aliphatic rings. The molecular formula is C14H18F2N6O4. The molecule has 12 heteroatoms. The maximum Gasteiger partial charge on any atom is 0.314 e. The molecule has 1 atom stereocenters. The van der Waals surface area contributed by atoms with Crippen molar-refractivity contribution in [3.05, 3.63) is 23.6 Å². The molecule has 0 spiro atoms. The van der Waals surface area contributed by atoms with Crippen molar-refractivity contribution >= 4 is 17.5 Å². The zero-order chi connectivity index (χ0) is 19.4. The number of amides is 2. The van der Waals surface area contributed by atoms with Gasteiger partial charge in [-0.3, -0.25) is 14.3 Å². The van der Waals surface area contributed by atoms with E-state index in [2.05, 4.69) is 20.6 Å². The van der Waals surface area contributed by atoms with Crippen molar-refractivity contribution < 1.29 is 27.6 Å². The second kappa shape index (κ2) is 7.99. The molecule has 2 heterocycles. The Hall–Kier alpha value is -2.89. The summed E-state index contributed by atoms with van der Waals surface area (Å²) in [5.41, 5.74) is -0.852. The van der Waals surface area contributed by atoms with Crippen molar-refractivity contribution in [3.63, 3.8) is 0 Å². The number of nitrogens with one attached hydrogen (secondary N) is 1. The van der Waals surface area contributed by atoms with Crippen LogP contribution >= 0.6 is 0 Å². The number of likely N-dealkylation sites (N-methyl/N-ethyl adjacent to an activating group) is 1. The van der Waals surface area contributed by atoms with E-state index < -0.39 is 30.0 Å². The normalized spacial score (nSPS) is 12.3. The monoisotopic (exact) mass is 372 g/mol. The number of anilines is 1. The third-order valence-corrected chi connectivity index (χ3v) is 3.43. The number of aromatic nitrogens is 4. The van der Waals surface area contributed by atoms with Crippen molar-refractivity contribution in [2.24, 2.45) is 7.05 Å². The van der Waals surface area contributed by atoms with Crippen molar-refractivity contribution in [2.75, 3.05) is 19.5 Å². The number of ether oxygens (including phenoxy) is 1. The number of methoxy groups -OCH3 is 1. The van der Waals surface area contributed by atoms with Gasteiger partial charge in [-0.2, -0.15) is 10.1 Å². The summed E-state index contributed by atoms with van der Waals surface area (Å²) in [6.07, 6.45) is -2.10. The Labute approximate surface area is 147 Å². The Morgan fingerprint density at radius 1 is 1.46 bits per heavy atom. The molecule has 2 rings (SSSR count). The van der Waals surface area contributed by atoms with Gasteiger partial charge in [-0.25, -0.2) is 8.78 Å². The molecule has 0 saturated heterocycles. The highest BCUT2D eigenvalue weighted by Gasteiger charge is 2.25. The van der Waals surface area contributed by atoms with E-state index in [1.807, 2.05) is 0 Å². The Bertz CT molecular complexity index is 790. The topological polar surface area (TPSA) is 115 Å². The predicted molar refractivity (Wildman–Crippen MR) is 83.0 cm³/mol. The summed E-state index contributed by atoms with van der Waals surface area (Å²) < 4.78 is 36.9. The molecule has 142 valence electrons. The van der Waals surface area contributed by atoms with Crippen LogP contribution in [0, 0.1) is 0 Å². The second-order valence-electron chi connectivity index (χ2n) is 5.44. The summed E-state index contributed by atoms with van der Waals surface area (Å²) in [6.45, 7) is 1.58. The van der Waals surface area contributed by atoms with E-state index in [4.69, 9.17) is 9.26 Å². The quantitative estimate of drug-likeness (QED) is 0.754. The first-order chi connectivity index (χ1) is 12.2. The van der Waals surface area contributed by atoms with Gasteiger partial charge in [0.15, 0.2) is 11.5 Å². The van der Waals surface area contributed by atoms with E-state index in [1.165, 1.54) is 27.4 Å². The standard InChI is InChI=1S/C14H18F2N6O4/c1-7(25-4)12-18-9(26-20-12)6-21(2)14(24)13(23)17-8-5-22(3)19-10(8)11(15)16/h5,7,11H,6H2,1-4H3,(H,17,23). The predicted octanol–water partition coefficient (Wildman–Crippen LogP) is 1.05. The molecule has 0 aliphatic heterocycles. The summed E-state index contributed by atoms with van der Waals surface area (Å²) in [5, 5.41) is 9.38. The van der Waals surface area contributed by atoms with Crippen molar-refractivity contribution in [1.82, 2.24) is 24.8 Å². The van der Waals surface area contributed by atoms with Crippen molar-refractivity contribution in [2.45, 2.75) is 26.0 Å². The number of alkyl halides is 2. The zero-order valence-electron chi connectivity index (χ0n) is 14.6. The lowest BCUT2D eigenvalue weighted by atomic mass is 10.3. The van der Waals surface area contributed by atoms with Gasteiger partial charge < -0.3 is 19.5 Å². The van der Waals surface area contributed by atoms with Crippen LogP contribution in [0.1, 0.15) is 36.9 Å². The summed E-state index contributed by atoms with van der Waals surface area (Å²) in [5.74, 6) is -1.66. The van der Waals surface area contributed by atoms with Crippen LogP contribution in [-0.4, -0.2) is 50.8 Å². The number of nitrogens with zero attached hydrogens (tertiary/aromatic N) is 5. The first-order valence-corrected chi connectivity index (χ1v) is 7.46. The highest BCUT2D eigenvalue weighted by atomic mass is 19.3. The average molecular weight is 372 g/mol. The van der Waals surface area contributed by atoms with Gasteiger partial charge in [0, 0.05) is 27.4 Å². The molecule has 1 N–H and O–H groups in total. The molecule has 26 heavy (non-hydrogen) atoms. The molecule has 0 fully saturated rings. The van der Waals surface area contributed by atoms with Gasteiger partial charge in [0.2, 0.25) is 5.89 Å². The Kier molecular flexibility index (Phi) is 5.97. The molecule has 0 bridgehead atoms. The smallest absolute Gasteiger partial charge is 0.314 e. The lowest BCUT2D eigenvalue weighted by Gasteiger charge is -2.14. The minimum Gasteiger partial charge on any atom is -0.374 e. The Morgan fingerprint density at radius 3 is 2.77 bits per heavy atom. The van der Waals surface area contributed by atoms with E-state index in [1.54, 1.807) is 6.92 Å². The Balaban J connectivity index is 2.01. The SMILES string of the molecule is COC(C)c1noc(CN(C)C(=O)C(=O)Nc2cn(C)nc2C(F)F)n1. The van der Waals surface area contributed by atoms with E-state index in [-0.39, 0.29) is 18.1 Å². The van der Waals surface area contributed by atoms with Gasteiger partial charge in [-0.1, -0.05) is 5.16 Å². The number of hydrogen-bond acceptors (Lipinski definition) is 7. The molecule has 0 aromatic carbocycles. The maximum atomic E-state index is 12.9. The fraction of sp³-hybridized carbons (Fsp3) is 0.500. The molecule has 0 radical (unpaired) electrons. The van der Waals surface area contributed by atoms with Crippen LogP contribution in [0.3, 0.4) is 0 Å². The molecule has 2 aromatic rings. The highest BCUT2D eigenvalue weighted by molar-refractivity contribution is 6.39. The second-order valence-corrected chi connectivity index (χ2v) is 5.44. The maximum absolute atomic E-state index is 12.9.